The first-order valence-corrected chi connectivity index (χ1v) is 7.43. The Bertz CT molecular complexity index is 610. The van der Waals surface area contributed by atoms with E-state index >= 15 is 0 Å². The Balaban J connectivity index is 2.04. The number of amides is 2. The minimum atomic E-state index is -0.554. The number of hydrogen-bond acceptors (Lipinski definition) is 4. The zero-order valence-corrected chi connectivity index (χ0v) is 12.7. The van der Waals surface area contributed by atoms with Crippen molar-refractivity contribution in [2.75, 3.05) is 18.1 Å². The smallest absolute Gasteiger partial charge is 0.270 e. The molecule has 2 amide bonds. The van der Waals surface area contributed by atoms with E-state index in [4.69, 9.17) is 5.21 Å². The lowest BCUT2D eigenvalue weighted by molar-refractivity contribution is -0.125. The molecule has 0 aliphatic heterocycles. The number of nitrogens with one attached hydrogen (secondary N) is 1. The highest BCUT2D eigenvalue weighted by atomic mass is 16.5. The van der Waals surface area contributed by atoms with Crippen LogP contribution in [0.3, 0.4) is 0 Å². The van der Waals surface area contributed by atoms with Gasteiger partial charge in [0.1, 0.15) is 0 Å². The van der Waals surface area contributed by atoms with E-state index in [0.717, 1.165) is 5.69 Å². The minimum absolute atomic E-state index is 0.120. The van der Waals surface area contributed by atoms with Gasteiger partial charge in [0.15, 0.2) is 0 Å². The molecule has 6 heteroatoms. The summed E-state index contributed by atoms with van der Waals surface area (Å²) in [6, 6.07) is 9.16. The van der Waals surface area contributed by atoms with Crippen LogP contribution in [0.2, 0.25) is 0 Å². The third-order valence-corrected chi connectivity index (χ3v) is 3.69. The monoisotopic (exact) mass is 316 g/mol. The summed E-state index contributed by atoms with van der Waals surface area (Å²) in [5.74, 6) is -0.794. The SMILES string of the molecule is O=C(NO)C1=CC=CC(CC(=O)N(CCO)c2ccccc2)C1. The van der Waals surface area contributed by atoms with Crippen LogP contribution in [-0.2, 0) is 9.59 Å². The van der Waals surface area contributed by atoms with Gasteiger partial charge in [-0.1, -0.05) is 36.4 Å². The van der Waals surface area contributed by atoms with Gasteiger partial charge in [0, 0.05) is 24.2 Å². The third kappa shape index (κ3) is 4.51. The van der Waals surface area contributed by atoms with Crippen LogP contribution < -0.4 is 10.4 Å². The predicted octanol–water partition coefficient (Wildman–Crippen LogP) is 1.41. The van der Waals surface area contributed by atoms with E-state index in [2.05, 4.69) is 0 Å². The summed E-state index contributed by atoms with van der Waals surface area (Å²) in [7, 11) is 0. The Kier molecular flexibility index (Phi) is 6.08. The zero-order chi connectivity index (χ0) is 16.7. The number of nitrogens with zero attached hydrogens (tertiary/aromatic N) is 1. The van der Waals surface area contributed by atoms with Crippen LogP contribution in [0.5, 0.6) is 0 Å². The second kappa shape index (κ2) is 8.26. The van der Waals surface area contributed by atoms with Gasteiger partial charge in [0.2, 0.25) is 5.91 Å². The average Bonchev–Trinajstić information content (AvgIpc) is 2.59. The predicted molar refractivity (Wildman–Crippen MR) is 85.8 cm³/mol. The van der Waals surface area contributed by atoms with Crippen molar-refractivity contribution >= 4 is 17.5 Å². The van der Waals surface area contributed by atoms with E-state index in [1.54, 1.807) is 17.6 Å². The molecular weight excluding hydrogens is 296 g/mol. The van der Waals surface area contributed by atoms with Gasteiger partial charge in [-0.25, -0.2) is 5.48 Å². The Morgan fingerprint density at radius 1 is 1.26 bits per heavy atom. The van der Waals surface area contributed by atoms with E-state index in [-0.39, 0.29) is 31.4 Å². The molecule has 0 aromatic heterocycles. The molecule has 2 rings (SSSR count). The lowest BCUT2D eigenvalue weighted by atomic mass is 9.91. The summed E-state index contributed by atoms with van der Waals surface area (Å²) < 4.78 is 0. The molecule has 0 spiro atoms. The molecule has 1 unspecified atom stereocenters. The molecule has 1 atom stereocenters. The maximum Gasteiger partial charge on any atom is 0.270 e. The van der Waals surface area contributed by atoms with Crippen molar-refractivity contribution in [1.29, 1.82) is 0 Å². The zero-order valence-electron chi connectivity index (χ0n) is 12.7. The number of aliphatic hydroxyl groups excluding tert-OH is 1. The van der Waals surface area contributed by atoms with Crippen molar-refractivity contribution in [2.45, 2.75) is 12.8 Å². The fraction of sp³-hybridized carbons (Fsp3) is 0.294. The van der Waals surface area contributed by atoms with E-state index in [0.29, 0.717) is 12.0 Å². The van der Waals surface area contributed by atoms with Gasteiger partial charge in [-0.3, -0.25) is 14.8 Å². The van der Waals surface area contributed by atoms with Gasteiger partial charge in [0.05, 0.1) is 6.61 Å². The van der Waals surface area contributed by atoms with Crippen LogP contribution in [0, 0.1) is 5.92 Å². The van der Waals surface area contributed by atoms with Crippen LogP contribution in [0.15, 0.2) is 54.1 Å². The van der Waals surface area contributed by atoms with Crippen molar-refractivity contribution in [3.8, 4) is 0 Å². The van der Waals surface area contributed by atoms with Gasteiger partial charge in [0.25, 0.3) is 5.91 Å². The average molecular weight is 316 g/mol. The third-order valence-electron chi connectivity index (χ3n) is 3.69. The normalized spacial score (nSPS) is 16.6. The number of allylic oxidation sites excluding steroid dienone is 3. The van der Waals surface area contributed by atoms with Gasteiger partial charge in [-0.15, -0.1) is 0 Å². The van der Waals surface area contributed by atoms with Crippen LogP contribution >= 0.6 is 0 Å². The van der Waals surface area contributed by atoms with Crippen LogP contribution in [0.4, 0.5) is 5.69 Å². The highest BCUT2D eigenvalue weighted by Gasteiger charge is 2.22. The maximum absolute atomic E-state index is 12.6. The van der Waals surface area contributed by atoms with Crippen molar-refractivity contribution in [1.82, 2.24) is 5.48 Å². The first kappa shape index (κ1) is 16.9. The highest BCUT2D eigenvalue weighted by molar-refractivity contribution is 5.95. The molecule has 0 heterocycles. The summed E-state index contributed by atoms with van der Waals surface area (Å²) in [6.07, 6.45) is 5.81. The van der Waals surface area contributed by atoms with Gasteiger partial charge >= 0.3 is 0 Å². The Morgan fingerprint density at radius 3 is 2.65 bits per heavy atom. The summed E-state index contributed by atoms with van der Waals surface area (Å²) >= 11 is 0. The molecule has 0 fully saturated rings. The molecule has 23 heavy (non-hydrogen) atoms. The van der Waals surface area contributed by atoms with Crippen LogP contribution in [-0.4, -0.2) is 35.3 Å². The first-order chi connectivity index (χ1) is 11.2. The molecule has 1 aliphatic rings. The Morgan fingerprint density at radius 2 is 2.00 bits per heavy atom. The lowest BCUT2D eigenvalue weighted by Crippen LogP contribution is -2.35. The number of aliphatic hydroxyl groups is 1. The van der Waals surface area contributed by atoms with Crippen molar-refractivity contribution in [2.24, 2.45) is 5.92 Å². The second-order valence-corrected chi connectivity index (χ2v) is 5.29. The molecule has 1 aliphatic carbocycles. The molecule has 0 bridgehead atoms. The van der Waals surface area contributed by atoms with Gasteiger partial charge < -0.3 is 10.0 Å². The summed E-state index contributed by atoms with van der Waals surface area (Å²) in [6.45, 7) is 0.0956. The van der Waals surface area contributed by atoms with E-state index in [1.165, 1.54) is 4.90 Å². The molecule has 1 aromatic carbocycles. The van der Waals surface area contributed by atoms with Gasteiger partial charge in [-0.2, -0.15) is 0 Å². The number of carbonyl (C=O) groups is 2. The topological polar surface area (TPSA) is 89.9 Å². The minimum Gasteiger partial charge on any atom is -0.395 e. The maximum atomic E-state index is 12.6. The summed E-state index contributed by atoms with van der Waals surface area (Å²) in [5, 5.41) is 17.9. The highest BCUT2D eigenvalue weighted by Crippen LogP contribution is 2.24. The quantitative estimate of drug-likeness (QED) is 0.547. The number of hydrogen-bond donors (Lipinski definition) is 3. The lowest BCUT2D eigenvalue weighted by Gasteiger charge is -2.25. The molecule has 0 saturated heterocycles. The number of para-hydroxylation sites is 1. The van der Waals surface area contributed by atoms with Crippen molar-refractivity contribution in [3.05, 3.63) is 54.1 Å². The summed E-state index contributed by atoms with van der Waals surface area (Å²) in [4.78, 5) is 25.6. The number of rotatable bonds is 6. The molecule has 122 valence electrons. The molecular formula is C17H20N2O4. The van der Waals surface area contributed by atoms with Gasteiger partial charge in [-0.05, 0) is 24.5 Å². The Hall–Kier alpha value is -2.44. The standard InChI is InChI=1S/C17H20N2O4/c20-10-9-19(15-7-2-1-3-8-15)16(21)12-13-5-4-6-14(11-13)17(22)18-23/h1-8,13,20,23H,9-12H2,(H,18,22). The molecule has 0 radical (unpaired) electrons. The van der Waals surface area contributed by atoms with E-state index < -0.39 is 5.91 Å². The number of anilines is 1. The van der Waals surface area contributed by atoms with Crippen molar-refractivity contribution < 1.29 is 19.9 Å². The number of benzene rings is 1. The molecule has 1 aromatic rings. The fourth-order valence-corrected chi connectivity index (χ4v) is 2.57. The molecule has 0 saturated carbocycles. The van der Waals surface area contributed by atoms with Crippen LogP contribution in [0.1, 0.15) is 12.8 Å². The van der Waals surface area contributed by atoms with E-state index in [9.17, 15) is 14.7 Å². The molecule has 6 nitrogen and oxygen atoms in total. The fourth-order valence-electron chi connectivity index (χ4n) is 2.57. The Labute approximate surface area is 134 Å². The number of hydroxylamine groups is 1. The first-order valence-electron chi connectivity index (χ1n) is 7.43. The van der Waals surface area contributed by atoms with E-state index in [1.807, 2.05) is 36.4 Å². The largest absolute Gasteiger partial charge is 0.395 e. The second-order valence-electron chi connectivity index (χ2n) is 5.29. The van der Waals surface area contributed by atoms with Crippen LogP contribution in [0.25, 0.3) is 0 Å². The number of carbonyl (C=O) groups excluding carboxylic acids is 2. The summed E-state index contributed by atoms with van der Waals surface area (Å²) in [5.41, 5.74) is 2.77. The van der Waals surface area contributed by atoms with Crippen molar-refractivity contribution in [3.63, 3.8) is 0 Å². The molecule has 3 N–H and O–H groups in total.